The van der Waals surface area contributed by atoms with Crippen LogP contribution in [-0.4, -0.2) is 66.6 Å². The van der Waals surface area contributed by atoms with Gasteiger partial charge in [0, 0.05) is 26.2 Å². The molecule has 1 N–H and O–H groups in total. The lowest BCUT2D eigenvalue weighted by molar-refractivity contribution is 0.102. The molecule has 1 saturated heterocycles. The summed E-state index contributed by atoms with van der Waals surface area (Å²) in [6.45, 7) is 6.34. The van der Waals surface area contributed by atoms with Crippen molar-refractivity contribution in [3.8, 4) is 11.5 Å². The Hall–Kier alpha value is -3.89. The molecule has 0 bridgehead atoms. The minimum absolute atomic E-state index is 0.00762. The lowest BCUT2D eigenvalue weighted by Crippen LogP contribution is -2.44. The highest BCUT2D eigenvalue weighted by Crippen LogP contribution is 2.25. The molecule has 35 heavy (non-hydrogen) atoms. The first-order valence-electron chi connectivity index (χ1n) is 11.8. The van der Waals surface area contributed by atoms with E-state index in [-0.39, 0.29) is 23.5 Å². The Labute approximate surface area is 202 Å². The number of aromatic nitrogens is 5. The minimum Gasteiger partial charge on any atom is -0.325 e. The molecule has 2 aliphatic heterocycles. The van der Waals surface area contributed by atoms with E-state index in [0.717, 1.165) is 37.1 Å². The van der Waals surface area contributed by atoms with Gasteiger partial charge in [0.15, 0.2) is 0 Å². The summed E-state index contributed by atoms with van der Waals surface area (Å²) in [7, 11) is 0. The number of anilines is 1. The van der Waals surface area contributed by atoms with Crippen LogP contribution in [0.25, 0.3) is 11.5 Å². The van der Waals surface area contributed by atoms with E-state index in [0.29, 0.717) is 31.0 Å². The van der Waals surface area contributed by atoms with Gasteiger partial charge in [-0.05, 0) is 78.9 Å². The summed E-state index contributed by atoms with van der Waals surface area (Å²) in [6, 6.07) is 8.08. The zero-order chi connectivity index (χ0) is 24.5. The van der Waals surface area contributed by atoms with Crippen LogP contribution in [0.15, 0.2) is 30.3 Å². The van der Waals surface area contributed by atoms with E-state index in [4.69, 9.17) is 0 Å². The molecule has 2 aromatic heterocycles. The summed E-state index contributed by atoms with van der Waals surface area (Å²) in [5.41, 5.74) is 2.01. The van der Waals surface area contributed by atoms with Gasteiger partial charge in [-0.15, -0.1) is 5.10 Å². The molecule has 1 fully saturated rings. The molecule has 0 aliphatic carbocycles. The number of carbonyl (C=O) groups is 2. The quantitative estimate of drug-likeness (QED) is 0.616. The van der Waals surface area contributed by atoms with Crippen LogP contribution in [0.1, 0.15) is 54.2 Å². The summed E-state index contributed by atoms with van der Waals surface area (Å²) in [5, 5.41) is 14.4. The van der Waals surface area contributed by atoms with Gasteiger partial charge in [-0.1, -0.05) is 6.07 Å². The van der Waals surface area contributed by atoms with E-state index in [9.17, 15) is 14.0 Å². The summed E-state index contributed by atoms with van der Waals surface area (Å²) < 4.78 is 16.5. The number of likely N-dealkylation sites (tertiary alicyclic amines) is 1. The van der Waals surface area contributed by atoms with Crippen molar-refractivity contribution >= 4 is 17.8 Å². The fourth-order valence-electron chi connectivity index (χ4n) is 4.55. The summed E-state index contributed by atoms with van der Waals surface area (Å²) in [6.07, 6.45) is 2.60. The normalized spacial score (nSPS) is 15.4. The Bertz CT molecular complexity index is 1270. The van der Waals surface area contributed by atoms with Gasteiger partial charge < -0.3 is 15.1 Å². The molecule has 10 nitrogen and oxygen atoms in total. The van der Waals surface area contributed by atoms with Crippen LogP contribution in [-0.2, 0) is 13.0 Å². The molecule has 0 spiro atoms. The van der Waals surface area contributed by atoms with E-state index in [1.807, 2.05) is 18.7 Å². The third-order valence-electron chi connectivity index (χ3n) is 6.40. The fourth-order valence-corrected chi connectivity index (χ4v) is 4.55. The number of fused-ring (bicyclic) bond motifs is 1. The number of carbonyl (C=O) groups excluding carboxylic acids is 2. The number of hydrogen-bond donors (Lipinski definition) is 1. The van der Waals surface area contributed by atoms with Gasteiger partial charge in [0.2, 0.25) is 5.82 Å². The number of hydrogen-bond acceptors (Lipinski definition) is 6. The number of rotatable bonds is 4. The monoisotopic (exact) mass is 478 g/mol. The zero-order valence-corrected chi connectivity index (χ0v) is 19.7. The van der Waals surface area contributed by atoms with Gasteiger partial charge in [-0.3, -0.25) is 4.79 Å². The standard InChI is InChI=1S/C24H27FN8O2/c1-15(2)33-22(28-29-30-33)20-6-5-7-21(26-20)27-23(34)18-12-17-14-32(11-8-16(17)13-19(18)25)24(35)31-9-3-4-10-31/h5-7,12-13,15H,3-4,8-11,14H2,1-2H3,(H,26,27,34). The number of nitrogens with zero attached hydrogens (tertiary/aromatic N) is 7. The molecular formula is C24H27FN8O2. The third-order valence-corrected chi connectivity index (χ3v) is 6.40. The predicted molar refractivity (Wildman–Crippen MR) is 126 cm³/mol. The highest BCUT2D eigenvalue weighted by Gasteiger charge is 2.28. The molecule has 0 saturated carbocycles. The smallest absolute Gasteiger partial charge is 0.320 e. The number of nitrogens with one attached hydrogen (secondary N) is 1. The van der Waals surface area contributed by atoms with Crippen LogP contribution in [0.5, 0.6) is 0 Å². The van der Waals surface area contributed by atoms with E-state index < -0.39 is 11.7 Å². The van der Waals surface area contributed by atoms with Gasteiger partial charge in [0.1, 0.15) is 17.3 Å². The van der Waals surface area contributed by atoms with Crippen molar-refractivity contribution in [3.63, 3.8) is 0 Å². The summed E-state index contributed by atoms with van der Waals surface area (Å²) in [4.78, 5) is 33.9. The SMILES string of the molecule is CC(C)n1nnnc1-c1cccc(NC(=O)c2cc3c(cc2F)CCN(C(=O)N2CCCC2)C3)n1. The molecule has 0 unspecified atom stereocenters. The van der Waals surface area contributed by atoms with Gasteiger partial charge >= 0.3 is 6.03 Å². The van der Waals surface area contributed by atoms with Gasteiger partial charge in [0.05, 0.1) is 11.6 Å². The summed E-state index contributed by atoms with van der Waals surface area (Å²) in [5.74, 6) is -0.477. The first kappa shape index (κ1) is 22.9. The Morgan fingerprint density at radius 2 is 1.86 bits per heavy atom. The molecule has 5 rings (SSSR count). The van der Waals surface area contributed by atoms with Gasteiger partial charge in [0.25, 0.3) is 5.91 Å². The highest BCUT2D eigenvalue weighted by molar-refractivity contribution is 6.04. The van der Waals surface area contributed by atoms with Gasteiger partial charge in [-0.2, -0.15) is 0 Å². The van der Waals surface area contributed by atoms with Crippen LogP contribution in [0.3, 0.4) is 0 Å². The summed E-state index contributed by atoms with van der Waals surface area (Å²) >= 11 is 0. The third kappa shape index (κ3) is 4.58. The first-order chi connectivity index (χ1) is 16.9. The number of halogens is 1. The Morgan fingerprint density at radius 1 is 1.06 bits per heavy atom. The molecule has 2 aliphatic rings. The molecule has 0 atom stereocenters. The van der Waals surface area contributed by atoms with Crippen LogP contribution >= 0.6 is 0 Å². The zero-order valence-electron chi connectivity index (χ0n) is 19.7. The molecule has 3 amide bonds. The maximum Gasteiger partial charge on any atom is 0.320 e. The van der Waals surface area contributed by atoms with Crippen LogP contribution in [0.4, 0.5) is 15.0 Å². The topological polar surface area (TPSA) is 109 Å². The number of pyridine rings is 1. The Morgan fingerprint density at radius 3 is 2.63 bits per heavy atom. The molecular weight excluding hydrogens is 451 g/mol. The molecule has 1 aromatic carbocycles. The van der Waals surface area contributed by atoms with Crippen molar-refractivity contribution in [1.82, 2.24) is 35.0 Å². The average molecular weight is 479 g/mol. The van der Waals surface area contributed by atoms with Crippen molar-refractivity contribution in [2.24, 2.45) is 0 Å². The van der Waals surface area contributed by atoms with Crippen LogP contribution < -0.4 is 5.32 Å². The molecule has 3 aromatic rings. The van der Waals surface area contributed by atoms with Crippen molar-refractivity contribution in [1.29, 1.82) is 0 Å². The lowest BCUT2D eigenvalue weighted by Gasteiger charge is -2.32. The van der Waals surface area contributed by atoms with Crippen LogP contribution in [0.2, 0.25) is 0 Å². The molecule has 0 radical (unpaired) electrons. The second-order valence-corrected chi connectivity index (χ2v) is 9.15. The second-order valence-electron chi connectivity index (χ2n) is 9.15. The van der Waals surface area contributed by atoms with E-state index in [2.05, 4.69) is 25.8 Å². The maximum atomic E-state index is 14.9. The minimum atomic E-state index is -0.610. The molecule has 11 heteroatoms. The first-order valence-corrected chi connectivity index (χ1v) is 11.8. The van der Waals surface area contributed by atoms with Crippen molar-refractivity contribution in [2.45, 2.75) is 45.7 Å². The van der Waals surface area contributed by atoms with E-state index in [1.165, 1.54) is 6.07 Å². The van der Waals surface area contributed by atoms with E-state index >= 15 is 0 Å². The van der Waals surface area contributed by atoms with Crippen molar-refractivity contribution in [3.05, 3.63) is 52.8 Å². The highest BCUT2D eigenvalue weighted by atomic mass is 19.1. The number of benzene rings is 1. The fraction of sp³-hybridized carbons (Fsp3) is 0.417. The Kier molecular flexibility index (Phi) is 6.14. The molecule has 4 heterocycles. The number of tetrazole rings is 1. The second kappa shape index (κ2) is 9.40. The Balaban J connectivity index is 1.35. The predicted octanol–water partition coefficient (Wildman–Crippen LogP) is 3.28. The largest absolute Gasteiger partial charge is 0.325 e. The number of urea groups is 1. The van der Waals surface area contributed by atoms with Gasteiger partial charge in [-0.25, -0.2) is 18.9 Å². The molecule has 182 valence electrons. The number of amides is 3. The van der Waals surface area contributed by atoms with E-state index in [1.54, 1.807) is 33.8 Å². The van der Waals surface area contributed by atoms with Crippen molar-refractivity contribution < 1.29 is 14.0 Å². The van der Waals surface area contributed by atoms with Crippen molar-refractivity contribution in [2.75, 3.05) is 25.0 Å². The average Bonchev–Trinajstić information content (AvgIpc) is 3.55. The maximum absolute atomic E-state index is 14.9. The lowest BCUT2D eigenvalue weighted by atomic mass is 9.96. The van der Waals surface area contributed by atoms with Crippen LogP contribution in [0, 0.1) is 5.82 Å².